The van der Waals surface area contributed by atoms with E-state index in [-0.39, 0.29) is 5.82 Å². The quantitative estimate of drug-likeness (QED) is 0.449. The zero-order valence-electron chi connectivity index (χ0n) is 16.2. The maximum Gasteiger partial charge on any atom is 0.123 e. The van der Waals surface area contributed by atoms with E-state index >= 15 is 0 Å². The van der Waals surface area contributed by atoms with E-state index in [0.717, 1.165) is 15.9 Å². The second-order valence-corrected chi connectivity index (χ2v) is 9.81. The second kappa shape index (κ2) is 7.90. The normalized spacial score (nSPS) is 26.6. The lowest BCUT2D eigenvalue weighted by Gasteiger charge is -2.53. The van der Waals surface area contributed by atoms with Crippen LogP contribution in [0.25, 0.3) is 10.9 Å². The van der Waals surface area contributed by atoms with Gasteiger partial charge in [0.15, 0.2) is 0 Å². The minimum atomic E-state index is -0.179. The van der Waals surface area contributed by atoms with Crippen molar-refractivity contribution in [3.8, 4) is 0 Å². The van der Waals surface area contributed by atoms with Gasteiger partial charge in [0.25, 0.3) is 0 Å². The molecule has 2 aliphatic carbocycles. The van der Waals surface area contributed by atoms with E-state index in [1.807, 2.05) is 18.3 Å². The molecule has 5 heteroatoms. The van der Waals surface area contributed by atoms with Gasteiger partial charge in [-0.1, -0.05) is 11.6 Å². The number of rotatable bonds is 4. The van der Waals surface area contributed by atoms with E-state index in [4.69, 9.17) is 11.6 Å². The molecule has 2 aromatic carbocycles. The third-order valence-electron chi connectivity index (χ3n) is 6.96. The van der Waals surface area contributed by atoms with Gasteiger partial charge in [-0.3, -0.25) is 9.71 Å². The monoisotopic (exact) mass is 426 g/mol. The molecule has 1 unspecified atom stereocenters. The minimum Gasteiger partial charge on any atom is -0.256 e. The first-order valence-corrected chi connectivity index (χ1v) is 11.5. The minimum absolute atomic E-state index is 0.179. The van der Waals surface area contributed by atoms with E-state index < -0.39 is 0 Å². The van der Waals surface area contributed by atoms with Gasteiger partial charge in [-0.25, -0.2) is 4.39 Å². The summed E-state index contributed by atoms with van der Waals surface area (Å²) >= 11 is 7.71. The topological polar surface area (TPSA) is 24.9 Å². The first kappa shape index (κ1) is 19.3. The van der Waals surface area contributed by atoms with Crippen molar-refractivity contribution in [3.05, 3.63) is 71.1 Å². The molecule has 1 atom stereocenters. The highest BCUT2D eigenvalue weighted by Crippen LogP contribution is 2.55. The van der Waals surface area contributed by atoms with Gasteiger partial charge in [-0.05, 0) is 116 Å². The zero-order chi connectivity index (χ0) is 19.8. The molecule has 1 N–H and O–H groups in total. The largest absolute Gasteiger partial charge is 0.256 e. The average Bonchev–Trinajstić information content (AvgIpc) is 2.74. The van der Waals surface area contributed by atoms with Crippen molar-refractivity contribution in [2.24, 2.45) is 5.41 Å². The van der Waals surface area contributed by atoms with Crippen molar-refractivity contribution in [2.75, 3.05) is 0 Å². The van der Waals surface area contributed by atoms with Gasteiger partial charge in [0.05, 0.1) is 5.52 Å². The lowest BCUT2D eigenvalue weighted by Crippen LogP contribution is -2.52. The van der Waals surface area contributed by atoms with Gasteiger partial charge < -0.3 is 0 Å². The molecule has 2 saturated carbocycles. The number of nitrogens with one attached hydrogen (secondary N) is 1. The summed E-state index contributed by atoms with van der Waals surface area (Å²) in [4.78, 5) is 5.62. The van der Waals surface area contributed by atoms with Crippen LogP contribution in [0.15, 0.2) is 59.6 Å². The number of pyridine rings is 1. The molecule has 0 aliphatic heterocycles. The van der Waals surface area contributed by atoms with Gasteiger partial charge >= 0.3 is 0 Å². The Bertz CT molecular complexity index is 1020. The summed E-state index contributed by atoms with van der Waals surface area (Å²) < 4.78 is 17.5. The smallest absolute Gasteiger partial charge is 0.123 e. The molecule has 3 aromatic rings. The molecule has 5 rings (SSSR count). The van der Waals surface area contributed by atoms with Gasteiger partial charge in [0, 0.05) is 27.5 Å². The Morgan fingerprint density at radius 3 is 2.48 bits per heavy atom. The summed E-state index contributed by atoms with van der Waals surface area (Å²) in [5, 5.41) is 1.76. The Hall–Kier alpha value is -1.62. The van der Waals surface area contributed by atoms with Crippen LogP contribution in [0.1, 0.15) is 50.0 Å². The van der Waals surface area contributed by atoms with Crippen LogP contribution in [-0.2, 0) is 0 Å². The van der Waals surface area contributed by atoms with Crippen molar-refractivity contribution >= 4 is 34.5 Å². The van der Waals surface area contributed by atoms with Crippen LogP contribution in [-0.4, -0.2) is 11.0 Å². The summed E-state index contributed by atoms with van der Waals surface area (Å²) in [6.45, 7) is 0. The van der Waals surface area contributed by atoms with Crippen LogP contribution >= 0.6 is 23.5 Å². The number of hydrogen-bond donors (Lipinski definition) is 1. The van der Waals surface area contributed by atoms with Crippen LogP contribution in [0, 0.1) is 11.2 Å². The predicted molar refractivity (Wildman–Crippen MR) is 119 cm³/mol. The average molecular weight is 427 g/mol. The van der Waals surface area contributed by atoms with E-state index in [1.54, 1.807) is 24.1 Å². The van der Waals surface area contributed by atoms with Crippen LogP contribution in [0.4, 0.5) is 4.39 Å². The van der Waals surface area contributed by atoms with E-state index in [9.17, 15) is 4.39 Å². The molecule has 1 aromatic heterocycles. The van der Waals surface area contributed by atoms with Crippen molar-refractivity contribution in [1.82, 2.24) is 9.71 Å². The molecule has 1 heterocycles. The molecule has 29 heavy (non-hydrogen) atoms. The Balaban J connectivity index is 1.25. The number of halogens is 2. The van der Waals surface area contributed by atoms with E-state index in [2.05, 4.69) is 27.9 Å². The highest BCUT2D eigenvalue weighted by atomic mass is 35.5. The highest BCUT2D eigenvalue weighted by molar-refractivity contribution is 7.97. The Morgan fingerprint density at radius 2 is 1.76 bits per heavy atom. The van der Waals surface area contributed by atoms with Gasteiger partial charge in [-0.15, -0.1) is 0 Å². The summed E-state index contributed by atoms with van der Waals surface area (Å²) in [6.07, 6.45) is 9.22. The molecular weight excluding hydrogens is 403 g/mol. The summed E-state index contributed by atoms with van der Waals surface area (Å²) in [7, 11) is 0. The number of benzene rings is 2. The summed E-state index contributed by atoms with van der Waals surface area (Å²) in [5.41, 5.74) is 2.58. The van der Waals surface area contributed by atoms with Crippen molar-refractivity contribution < 1.29 is 4.39 Å². The predicted octanol–water partition coefficient (Wildman–Crippen LogP) is 7.13. The Kier molecular flexibility index (Phi) is 5.27. The fraction of sp³-hybridized carbons (Fsp3) is 0.375. The fourth-order valence-electron chi connectivity index (χ4n) is 5.12. The highest BCUT2D eigenvalue weighted by Gasteiger charge is 2.48. The van der Waals surface area contributed by atoms with E-state index in [1.165, 1.54) is 55.1 Å². The molecule has 2 fully saturated rings. The first-order valence-electron chi connectivity index (χ1n) is 10.4. The molecule has 1 spiro atoms. The van der Waals surface area contributed by atoms with Crippen LogP contribution < -0.4 is 4.72 Å². The van der Waals surface area contributed by atoms with Crippen molar-refractivity contribution in [3.63, 3.8) is 0 Å². The third kappa shape index (κ3) is 3.78. The second-order valence-electron chi connectivity index (χ2n) is 8.46. The van der Waals surface area contributed by atoms with Gasteiger partial charge in [0.1, 0.15) is 5.82 Å². The number of hydrogen-bond acceptors (Lipinski definition) is 3. The molecular formula is C24H24ClFN2S. The molecule has 0 bridgehead atoms. The fourth-order valence-corrected chi connectivity index (χ4v) is 6.16. The molecule has 150 valence electrons. The third-order valence-corrected chi connectivity index (χ3v) is 8.12. The molecule has 0 saturated heterocycles. The maximum atomic E-state index is 13.8. The molecule has 0 radical (unpaired) electrons. The lowest BCUT2D eigenvalue weighted by molar-refractivity contribution is 0.0314. The van der Waals surface area contributed by atoms with Crippen molar-refractivity contribution in [2.45, 2.75) is 55.4 Å². The Morgan fingerprint density at radius 1 is 1.00 bits per heavy atom. The number of fused-ring (bicyclic) bond motifs is 1. The first-order chi connectivity index (χ1) is 14.1. The molecule has 2 aliphatic rings. The van der Waals surface area contributed by atoms with Crippen molar-refractivity contribution in [1.29, 1.82) is 0 Å². The lowest BCUT2D eigenvalue weighted by atomic mass is 9.55. The van der Waals surface area contributed by atoms with Crippen LogP contribution in [0.5, 0.6) is 0 Å². The Labute approximate surface area is 180 Å². The van der Waals surface area contributed by atoms with E-state index in [0.29, 0.717) is 17.4 Å². The molecule has 0 amide bonds. The maximum absolute atomic E-state index is 13.8. The standard InChI is InChI=1S/C24H24ClFN2S/c25-17-1-4-19(5-2-17)29-28-23-9-13-24(23)11-7-16(8-12-24)20-10-14-27-22-6-3-18(26)15-21(20)22/h1-6,10,14-16,23,28H,7-9,11-13H2. The summed E-state index contributed by atoms with van der Waals surface area (Å²) in [6, 6.07) is 15.6. The molecule has 2 nitrogen and oxygen atoms in total. The SMILES string of the molecule is Fc1ccc2nccc(C3CCC4(CC3)CCC4NSc3ccc(Cl)cc3)c2c1. The zero-order valence-corrected chi connectivity index (χ0v) is 17.8. The van der Waals surface area contributed by atoms with Crippen LogP contribution in [0.3, 0.4) is 0 Å². The number of nitrogens with zero attached hydrogens (tertiary/aromatic N) is 1. The summed E-state index contributed by atoms with van der Waals surface area (Å²) in [5.74, 6) is 0.319. The van der Waals surface area contributed by atoms with Gasteiger partial charge in [0.2, 0.25) is 0 Å². The number of aromatic nitrogens is 1. The van der Waals surface area contributed by atoms with Gasteiger partial charge in [-0.2, -0.15) is 0 Å². The van der Waals surface area contributed by atoms with Crippen LogP contribution in [0.2, 0.25) is 5.02 Å².